The van der Waals surface area contributed by atoms with Crippen LogP contribution in [0.4, 0.5) is 17.1 Å². The second-order valence-corrected chi connectivity index (χ2v) is 15.7. The molecule has 0 bridgehead atoms. The first-order valence-electron chi connectivity index (χ1n) is 18.5. The minimum atomic E-state index is -0.272. The van der Waals surface area contributed by atoms with Crippen molar-refractivity contribution in [2.45, 2.75) is 38.5 Å². The van der Waals surface area contributed by atoms with E-state index in [0.29, 0.717) is 0 Å². The molecule has 254 valence electrons. The summed E-state index contributed by atoms with van der Waals surface area (Å²) in [5.74, 6) is 0. The average Bonchev–Trinajstić information content (AvgIpc) is 3.89. The highest BCUT2D eigenvalue weighted by atomic mass is 16.3. The first kappa shape index (κ1) is 30.3. The second kappa shape index (κ2) is 10.6. The summed E-state index contributed by atoms with van der Waals surface area (Å²) in [5, 5.41) is 4.79. The van der Waals surface area contributed by atoms with Gasteiger partial charge in [0, 0.05) is 55.0 Å². The first-order valence-corrected chi connectivity index (χ1v) is 18.5. The molecule has 3 nitrogen and oxygen atoms in total. The maximum absolute atomic E-state index is 6.91. The minimum absolute atomic E-state index is 0.251. The van der Waals surface area contributed by atoms with E-state index in [4.69, 9.17) is 8.83 Å². The van der Waals surface area contributed by atoms with E-state index in [-0.39, 0.29) is 10.8 Å². The molecule has 3 heteroatoms. The summed E-state index contributed by atoms with van der Waals surface area (Å²) in [6, 6.07) is 54.1. The molecule has 0 radical (unpaired) electrons. The van der Waals surface area contributed by atoms with Crippen LogP contribution in [0.25, 0.3) is 66.2 Å². The lowest BCUT2D eigenvalue weighted by Crippen LogP contribution is -2.19. The van der Waals surface area contributed by atoms with Gasteiger partial charge >= 0.3 is 0 Å². The molecule has 0 spiro atoms. The number of nitrogens with zero attached hydrogens (tertiary/aromatic N) is 1. The fourth-order valence-electron chi connectivity index (χ4n) is 9.73. The van der Waals surface area contributed by atoms with Gasteiger partial charge in [-0.05, 0) is 99.6 Å². The zero-order valence-corrected chi connectivity index (χ0v) is 30.2. The van der Waals surface area contributed by atoms with E-state index in [1.807, 2.05) is 0 Å². The third-order valence-electron chi connectivity index (χ3n) is 12.0. The molecular weight excluding hydrogens is 647 g/mol. The van der Waals surface area contributed by atoms with Crippen molar-refractivity contribution in [1.29, 1.82) is 0 Å². The third-order valence-corrected chi connectivity index (χ3v) is 12.0. The van der Waals surface area contributed by atoms with Gasteiger partial charge < -0.3 is 13.7 Å². The van der Waals surface area contributed by atoms with Gasteiger partial charge in [0.1, 0.15) is 22.3 Å². The van der Waals surface area contributed by atoms with Crippen LogP contribution in [0.3, 0.4) is 0 Å². The summed E-state index contributed by atoms with van der Waals surface area (Å²) < 4.78 is 13.3. The number of anilines is 3. The molecule has 0 saturated carbocycles. The molecule has 7 aromatic carbocycles. The Labute approximate surface area is 308 Å². The Bertz CT molecular complexity index is 2940. The van der Waals surface area contributed by atoms with Gasteiger partial charge in [-0.15, -0.1) is 0 Å². The van der Waals surface area contributed by atoms with Gasteiger partial charge in [0.25, 0.3) is 0 Å². The second-order valence-electron chi connectivity index (χ2n) is 15.7. The molecule has 2 aliphatic rings. The molecule has 0 aliphatic heterocycles. The lowest BCUT2D eigenvalue weighted by molar-refractivity contribution is 0.664. The number of hydrogen-bond donors (Lipinski definition) is 0. The Morgan fingerprint density at radius 3 is 1.68 bits per heavy atom. The van der Waals surface area contributed by atoms with Gasteiger partial charge in [-0.1, -0.05) is 119 Å². The minimum Gasteiger partial charge on any atom is -0.456 e. The molecule has 53 heavy (non-hydrogen) atoms. The molecule has 9 aromatic rings. The number of furan rings is 2. The topological polar surface area (TPSA) is 29.5 Å². The molecule has 0 saturated heterocycles. The largest absolute Gasteiger partial charge is 0.456 e. The maximum Gasteiger partial charge on any atom is 0.143 e. The molecular formula is C50H37NO2. The maximum atomic E-state index is 6.91. The van der Waals surface area contributed by atoms with E-state index in [1.165, 1.54) is 49.6 Å². The molecule has 0 atom stereocenters. The van der Waals surface area contributed by atoms with Crippen molar-refractivity contribution in [1.82, 2.24) is 0 Å². The summed E-state index contributed by atoms with van der Waals surface area (Å²) in [6.45, 7) is 9.64. The highest BCUT2D eigenvalue weighted by Crippen LogP contribution is 2.66. The summed E-state index contributed by atoms with van der Waals surface area (Å²) in [4.78, 5) is 2.31. The lowest BCUT2D eigenvalue weighted by atomic mass is 9.73. The van der Waals surface area contributed by atoms with Crippen LogP contribution in [0.2, 0.25) is 0 Å². The van der Waals surface area contributed by atoms with E-state index in [0.717, 1.165) is 55.9 Å². The van der Waals surface area contributed by atoms with Crippen molar-refractivity contribution in [3.05, 3.63) is 174 Å². The van der Waals surface area contributed by atoms with Gasteiger partial charge in [-0.25, -0.2) is 0 Å². The van der Waals surface area contributed by atoms with Crippen LogP contribution in [0.5, 0.6) is 0 Å². The van der Waals surface area contributed by atoms with Crippen molar-refractivity contribution >= 4 is 72.1 Å². The van der Waals surface area contributed by atoms with E-state index in [9.17, 15) is 0 Å². The number of rotatable bonds is 4. The zero-order chi connectivity index (χ0) is 35.6. The quantitative estimate of drug-likeness (QED) is 0.185. The van der Waals surface area contributed by atoms with Gasteiger partial charge in [-0.2, -0.15) is 0 Å². The van der Waals surface area contributed by atoms with Crippen LogP contribution >= 0.6 is 0 Å². The van der Waals surface area contributed by atoms with Gasteiger partial charge in [0.05, 0.1) is 0 Å². The van der Waals surface area contributed by atoms with Crippen LogP contribution in [-0.2, 0) is 10.8 Å². The highest BCUT2D eigenvalue weighted by molar-refractivity contribution is 6.24. The summed E-state index contributed by atoms with van der Waals surface area (Å²) in [5.41, 5.74) is 17.0. The Balaban J connectivity index is 1.13. The van der Waals surface area contributed by atoms with Crippen molar-refractivity contribution in [3.8, 4) is 11.1 Å². The standard InChI is InChI=1S/C50H37NO2/c1-49(2)38-29-37(30-23-25-33(26-24-30)51(31-15-7-5-8-16-31)32-17-9-6-10-18-32)48-43(35-20-12-14-22-40(35)53-48)44(38)47-46(49)36-27-28-41-42(45(36)50(47,3)4)34-19-11-13-21-39(34)52-41/h5-29H,1-4H3. The van der Waals surface area contributed by atoms with Crippen LogP contribution in [0, 0.1) is 0 Å². The normalized spacial score (nSPS) is 15.4. The van der Waals surface area contributed by atoms with Crippen molar-refractivity contribution in [2.75, 3.05) is 4.90 Å². The fourth-order valence-corrected chi connectivity index (χ4v) is 9.73. The molecule has 0 fully saturated rings. The molecule has 11 rings (SSSR count). The molecule has 0 unspecified atom stereocenters. The molecule has 0 amide bonds. The third kappa shape index (κ3) is 4.05. The fraction of sp³-hybridized carbons (Fsp3) is 0.120. The smallest absolute Gasteiger partial charge is 0.143 e. The lowest BCUT2D eigenvalue weighted by Gasteiger charge is -2.29. The van der Waals surface area contributed by atoms with Crippen LogP contribution in [0.1, 0.15) is 49.9 Å². The Kier molecular flexibility index (Phi) is 6.07. The summed E-state index contributed by atoms with van der Waals surface area (Å²) >= 11 is 0. The number of benzene rings is 7. The molecule has 2 aliphatic carbocycles. The summed E-state index contributed by atoms with van der Waals surface area (Å²) in [6.07, 6.45) is 0. The van der Waals surface area contributed by atoms with Gasteiger partial charge in [0.15, 0.2) is 0 Å². The molecule has 2 aromatic heterocycles. The van der Waals surface area contributed by atoms with Crippen molar-refractivity contribution in [3.63, 3.8) is 0 Å². The number of allylic oxidation sites excluding steroid dienone is 2. The summed E-state index contributed by atoms with van der Waals surface area (Å²) in [7, 11) is 0. The van der Waals surface area contributed by atoms with Gasteiger partial charge in [-0.3, -0.25) is 0 Å². The van der Waals surface area contributed by atoms with Crippen molar-refractivity contribution < 1.29 is 8.83 Å². The predicted octanol–water partition coefficient (Wildman–Crippen LogP) is 14.1. The zero-order valence-electron chi connectivity index (χ0n) is 30.2. The van der Waals surface area contributed by atoms with Crippen LogP contribution in [-0.4, -0.2) is 0 Å². The van der Waals surface area contributed by atoms with E-state index in [2.05, 4.69) is 184 Å². The van der Waals surface area contributed by atoms with E-state index < -0.39 is 0 Å². The number of para-hydroxylation sites is 4. The van der Waals surface area contributed by atoms with Crippen LogP contribution in [0.15, 0.2) is 160 Å². The number of hydrogen-bond acceptors (Lipinski definition) is 3. The Morgan fingerprint density at radius 2 is 1.02 bits per heavy atom. The van der Waals surface area contributed by atoms with Gasteiger partial charge in [0.2, 0.25) is 0 Å². The average molecular weight is 684 g/mol. The van der Waals surface area contributed by atoms with Crippen molar-refractivity contribution in [2.24, 2.45) is 0 Å². The first-order chi connectivity index (χ1) is 25.8. The predicted molar refractivity (Wildman–Crippen MR) is 220 cm³/mol. The SMILES string of the molecule is CC1(C)C2=C(c3c1cc(-c1ccc(N(c4ccccc4)c4ccccc4)cc1)c1oc4ccccc4c31)C(C)(C)c1c2ccc2oc3ccccc3c12. The Hall–Kier alpha value is -6.32. The van der Waals surface area contributed by atoms with E-state index >= 15 is 0 Å². The monoisotopic (exact) mass is 683 g/mol. The number of fused-ring (bicyclic) bond motifs is 12. The molecule has 0 N–H and O–H groups in total. The van der Waals surface area contributed by atoms with E-state index in [1.54, 1.807) is 0 Å². The molecule has 2 heterocycles. The Morgan fingerprint density at radius 1 is 0.453 bits per heavy atom. The highest BCUT2D eigenvalue weighted by Gasteiger charge is 2.52. The van der Waals surface area contributed by atoms with Crippen LogP contribution < -0.4 is 4.90 Å².